The number of aromatic nitrogens is 1. The van der Waals surface area contributed by atoms with Gasteiger partial charge in [-0.25, -0.2) is 0 Å². The van der Waals surface area contributed by atoms with Crippen LogP contribution in [-0.2, 0) is 11.2 Å². The molecular weight excluding hydrogens is 366 g/mol. The molecule has 158 valence electrons. The van der Waals surface area contributed by atoms with Crippen LogP contribution in [-0.4, -0.2) is 26.1 Å². The minimum atomic E-state index is -0.128. The van der Waals surface area contributed by atoms with Crippen molar-refractivity contribution in [2.45, 2.75) is 63.9 Å². The van der Waals surface area contributed by atoms with Crippen LogP contribution in [0.4, 0.5) is 0 Å². The first-order valence-electron chi connectivity index (χ1n) is 10.6. The van der Waals surface area contributed by atoms with E-state index in [4.69, 9.17) is 14.3 Å². The Balaban J connectivity index is 1.76. The predicted octanol–water partition coefficient (Wildman–Crippen LogP) is 4.59. The van der Waals surface area contributed by atoms with Crippen molar-refractivity contribution in [1.82, 2.24) is 4.73 Å². The lowest BCUT2D eigenvalue weighted by Crippen LogP contribution is -2.33. The Bertz CT molecular complexity index is 859. The van der Waals surface area contributed by atoms with Crippen LogP contribution < -0.4 is 15.0 Å². The van der Waals surface area contributed by atoms with Crippen LogP contribution in [0.3, 0.4) is 0 Å². The number of hydrogen-bond donors (Lipinski definition) is 0. The van der Waals surface area contributed by atoms with Gasteiger partial charge >= 0.3 is 0 Å². The topological polar surface area (TPSA) is 49.7 Å². The fourth-order valence-electron chi connectivity index (χ4n) is 4.65. The lowest BCUT2D eigenvalue weighted by molar-refractivity contribution is 0.0472. The van der Waals surface area contributed by atoms with Gasteiger partial charge in [-0.3, -0.25) is 4.79 Å². The van der Waals surface area contributed by atoms with E-state index >= 15 is 0 Å². The van der Waals surface area contributed by atoms with Crippen molar-refractivity contribution in [3.63, 3.8) is 0 Å². The number of rotatable bonds is 9. The molecule has 1 aliphatic carbocycles. The van der Waals surface area contributed by atoms with E-state index < -0.39 is 0 Å². The zero-order chi connectivity index (χ0) is 20.8. The summed E-state index contributed by atoms with van der Waals surface area (Å²) in [5.74, 6) is 0.591. The summed E-state index contributed by atoms with van der Waals surface area (Å²) >= 11 is 0. The van der Waals surface area contributed by atoms with Crippen molar-refractivity contribution in [2.24, 2.45) is 0 Å². The summed E-state index contributed by atoms with van der Waals surface area (Å²) in [6.07, 6.45) is 7.27. The molecule has 1 aliphatic rings. The average molecular weight is 400 g/mol. The van der Waals surface area contributed by atoms with Crippen LogP contribution >= 0.6 is 0 Å². The molecule has 0 radical (unpaired) electrons. The average Bonchev–Trinajstić information content (AvgIpc) is 2.74. The molecule has 2 aromatic rings. The van der Waals surface area contributed by atoms with Gasteiger partial charge in [0, 0.05) is 12.7 Å². The minimum absolute atomic E-state index is 0.00987. The lowest BCUT2D eigenvalue weighted by Gasteiger charge is -2.33. The van der Waals surface area contributed by atoms with Crippen LogP contribution in [0.15, 0.2) is 35.1 Å². The number of benzene rings is 1. The molecule has 2 atom stereocenters. The highest BCUT2D eigenvalue weighted by molar-refractivity contribution is 5.40. The van der Waals surface area contributed by atoms with Crippen molar-refractivity contribution < 1.29 is 14.3 Å². The van der Waals surface area contributed by atoms with Gasteiger partial charge in [-0.05, 0) is 50.5 Å². The minimum Gasteiger partial charge on any atom is -0.491 e. The van der Waals surface area contributed by atoms with Crippen molar-refractivity contribution in [1.29, 1.82) is 0 Å². The Hall–Kier alpha value is -2.27. The first-order chi connectivity index (χ1) is 14.1. The predicted molar refractivity (Wildman–Crippen MR) is 115 cm³/mol. The van der Waals surface area contributed by atoms with E-state index in [0.717, 1.165) is 49.8 Å². The first kappa shape index (κ1) is 21.4. The summed E-state index contributed by atoms with van der Waals surface area (Å²) in [5.41, 5.74) is 3.74. The van der Waals surface area contributed by atoms with Crippen LogP contribution in [0, 0.1) is 6.92 Å². The largest absolute Gasteiger partial charge is 0.491 e. The molecule has 0 aliphatic heterocycles. The van der Waals surface area contributed by atoms with Crippen molar-refractivity contribution in [2.75, 3.05) is 21.3 Å². The number of ether oxygens (including phenoxy) is 2. The molecule has 1 aromatic heterocycles. The lowest BCUT2D eigenvalue weighted by atomic mass is 9.80. The SMILES string of the molecule is COc1c(C)n(OC)c2c(c1=O)[C@@H](CCCCCc1ccccc1)CC[C@H]2OC. The van der Waals surface area contributed by atoms with E-state index in [0.29, 0.717) is 11.4 Å². The Morgan fingerprint density at radius 1 is 1.03 bits per heavy atom. The highest BCUT2D eigenvalue weighted by Gasteiger charge is 2.35. The molecule has 0 fully saturated rings. The third-order valence-corrected chi connectivity index (χ3v) is 6.10. The number of hydrogen-bond acceptors (Lipinski definition) is 4. The summed E-state index contributed by atoms with van der Waals surface area (Å²) in [7, 11) is 4.87. The molecule has 0 unspecified atom stereocenters. The number of methoxy groups -OCH3 is 2. The molecule has 0 spiro atoms. The molecule has 3 rings (SSSR count). The normalized spacial score (nSPS) is 18.3. The van der Waals surface area contributed by atoms with Gasteiger partial charge in [-0.1, -0.05) is 43.2 Å². The molecule has 29 heavy (non-hydrogen) atoms. The zero-order valence-corrected chi connectivity index (χ0v) is 18.1. The van der Waals surface area contributed by atoms with Gasteiger partial charge in [-0.2, -0.15) is 4.73 Å². The number of fused-ring (bicyclic) bond motifs is 1. The molecule has 0 bridgehead atoms. The smallest absolute Gasteiger partial charge is 0.227 e. The van der Waals surface area contributed by atoms with Gasteiger partial charge in [0.05, 0.1) is 12.8 Å². The van der Waals surface area contributed by atoms with E-state index in [2.05, 4.69) is 30.3 Å². The van der Waals surface area contributed by atoms with Gasteiger partial charge in [-0.15, -0.1) is 0 Å². The van der Waals surface area contributed by atoms with Gasteiger partial charge in [0.2, 0.25) is 5.43 Å². The number of aryl methyl sites for hydroxylation is 1. The number of unbranched alkanes of at least 4 members (excludes halogenated alkanes) is 2. The summed E-state index contributed by atoms with van der Waals surface area (Å²) in [5, 5.41) is 0. The van der Waals surface area contributed by atoms with Crippen LogP contribution in [0.2, 0.25) is 0 Å². The van der Waals surface area contributed by atoms with Gasteiger partial charge in [0.25, 0.3) is 0 Å². The molecular formula is C24H33NO4. The molecule has 0 amide bonds. The van der Waals surface area contributed by atoms with Crippen molar-refractivity contribution in [3.05, 3.63) is 63.1 Å². The Morgan fingerprint density at radius 3 is 2.45 bits per heavy atom. The van der Waals surface area contributed by atoms with E-state index in [1.54, 1.807) is 26.1 Å². The standard InChI is InChI=1S/C24H33NO4/c1-17-24(28-3)23(26)21-19(15-16-20(27-2)22(21)25(17)29-4)14-10-6-9-13-18-11-7-5-8-12-18/h5,7-8,11-12,19-20H,6,9-10,13-16H2,1-4H3/t19-,20+/m0/s1. The molecule has 0 N–H and O–H groups in total. The van der Waals surface area contributed by atoms with Crippen molar-refractivity contribution in [3.8, 4) is 5.75 Å². The molecule has 1 heterocycles. The summed E-state index contributed by atoms with van der Waals surface area (Å²) in [4.78, 5) is 18.9. The maximum Gasteiger partial charge on any atom is 0.227 e. The molecule has 1 aromatic carbocycles. The van der Waals surface area contributed by atoms with Gasteiger partial charge in [0.15, 0.2) is 5.75 Å². The summed E-state index contributed by atoms with van der Waals surface area (Å²) < 4.78 is 12.9. The van der Waals surface area contributed by atoms with Crippen LogP contribution in [0.25, 0.3) is 0 Å². The second-order valence-electron chi connectivity index (χ2n) is 7.81. The number of nitrogens with zero attached hydrogens (tertiary/aromatic N) is 1. The quantitative estimate of drug-likeness (QED) is 0.579. The maximum absolute atomic E-state index is 13.2. The van der Waals surface area contributed by atoms with E-state index in [-0.39, 0.29) is 17.5 Å². The highest BCUT2D eigenvalue weighted by Crippen LogP contribution is 2.41. The Morgan fingerprint density at radius 2 is 1.79 bits per heavy atom. The molecule has 5 heteroatoms. The van der Waals surface area contributed by atoms with Gasteiger partial charge in [0.1, 0.15) is 18.9 Å². The number of pyridine rings is 1. The third kappa shape index (κ3) is 4.50. The Kier molecular flexibility index (Phi) is 7.37. The van der Waals surface area contributed by atoms with Crippen LogP contribution in [0.5, 0.6) is 5.75 Å². The fourth-order valence-corrected chi connectivity index (χ4v) is 4.65. The van der Waals surface area contributed by atoms with E-state index in [1.807, 2.05) is 6.92 Å². The second-order valence-corrected chi connectivity index (χ2v) is 7.81. The molecule has 0 saturated carbocycles. The zero-order valence-electron chi connectivity index (χ0n) is 18.1. The van der Waals surface area contributed by atoms with Gasteiger partial charge < -0.3 is 14.3 Å². The van der Waals surface area contributed by atoms with Crippen LogP contribution in [0.1, 0.15) is 73.1 Å². The summed E-state index contributed by atoms with van der Waals surface area (Å²) in [6.45, 7) is 1.85. The third-order valence-electron chi connectivity index (χ3n) is 6.10. The monoisotopic (exact) mass is 399 g/mol. The van der Waals surface area contributed by atoms with Crippen molar-refractivity contribution >= 4 is 0 Å². The highest BCUT2D eigenvalue weighted by atomic mass is 16.6. The molecule has 0 saturated heterocycles. The Labute approximate surface area is 173 Å². The second kappa shape index (κ2) is 9.97. The molecule has 5 nitrogen and oxygen atoms in total. The summed E-state index contributed by atoms with van der Waals surface area (Å²) in [6, 6.07) is 10.6. The first-order valence-corrected chi connectivity index (χ1v) is 10.6. The van der Waals surface area contributed by atoms with E-state index in [9.17, 15) is 4.79 Å². The maximum atomic E-state index is 13.2. The van der Waals surface area contributed by atoms with E-state index in [1.165, 1.54) is 12.0 Å². The fraction of sp³-hybridized carbons (Fsp3) is 0.542.